The number of pyridine rings is 1. The molecule has 0 saturated heterocycles. The summed E-state index contributed by atoms with van der Waals surface area (Å²) in [5, 5.41) is 13.1. The van der Waals surface area contributed by atoms with Gasteiger partial charge in [0.05, 0.1) is 0 Å². The van der Waals surface area contributed by atoms with Gasteiger partial charge in [0.15, 0.2) is 0 Å². The Balaban J connectivity index is 1.71. The van der Waals surface area contributed by atoms with Crippen molar-refractivity contribution in [3.63, 3.8) is 0 Å². The van der Waals surface area contributed by atoms with Crippen LogP contribution < -0.4 is 10.1 Å². The van der Waals surface area contributed by atoms with E-state index in [4.69, 9.17) is 4.74 Å². The summed E-state index contributed by atoms with van der Waals surface area (Å²) in [6.07, 6.45) is 3.02. The lowest BCUT2D eigenvalue weighted by molar-refractivity contribution is 0.106. The average Bonchev–Trinajstić information content (AvgIpc) is 2.47. The van der Waals surface area contributed by atoms with Gasteiger partial charge in [-0.2, -0.15) is 0 Å². The second-order valence-corrected chi connectivity index (χ2v) is 5.23. The summed E-state index contributed by atoms with van der Waals surface area (Å²) in [6.45, 7) is 5.52. The molecule has 0 spiro atoms. The van der Waals surface area contributed by atoms with E-state index in [0.717, 1.165) is 16.9 Å². The molecule has 2 aromatic rings. The van der Waals surface area contributed by atoms with Crippen LogP contribution in [0.4, 0.5) is 0 Å². The van der Waals surface area contributed by atoms with E-state index >= 15 is 0 Å². The molecule has 4 nitrogen and oxygen atoms in total. The first-order valence-electron chi connectivity index (χ1n) is 7.13. The first-order valence-corrected chi connectivity index (χ1v) is 7.13. The highest BCUT2D eigenvalue weighted by Gasteiger charge is 2.06. The third-order valence-electron chi connectivity index (χ3n) is 3.19. The number of nitrogens with one attached hydrogen (secondary N) is 1. The lowest BCUT2D eigenvalue weighted by atomic mass is 10.1. The summed E-state index contributed by atoms with van der Waals surface area (Å²) in [4.78, 5) is 4.05. The maximum absolute atomic E-state index is 9.93. The Hall–Kier alpha value is -1.91. The van der Waals surface area contributed by atoms with E-state index < -0.39 is 6.10 Å². The molecule has 0 fully saturated rings. The highest BCUT2D eigenvalue weighted by molar-refractivity contribution is 5.35. The van der Waals surface area contributed by atoms with Crippen molar-refractivity contribution in [2.45, 2.75) is 26.5 Å². The molecule has 1 aromatic carbocycles. The van der Waals surface area contributed by atoms with Crippen molar-refractivity contribution >= 4 is 0 Å². The van der Waals surface area contributed by atoms with Crippen LogP contribution in [0.3, 0.4) is 0 Å². The Bertz CT molecular complexity index is 558. The third kappa shape index (κ3) is 5.17. The predicted molar refractivity (Wildman–Crippen MR) is 83.4 cm³/mol. The van der Waals surface area contributed by atoms with Crippen LogP contribution in [0.15, 0.2) is 42.7 Å². The average molecular weight is 286 g/mol. The lowest BCUT2D eigenvalue weighted by Gasteiger charge is -2.15. The van der Waals surface area contributed by atoms with Crippen LogP contribution in [-0.4, -0.2) is 29.3 Å². The normalized spacial score (nSPS) is 12.1. The van der Waals surface area contributed by atoms with Gasteiger partial charge < -0.3 is 15.2 Å². The van der Waals surface area contributed by atoms with Crippen LogP contribution in [0.2, 0.25) is 0 Å². The summed E-state index contributed by atoms with van der Waals surface area (Å²) in [6, 6.07) is 9.92. The summed E-state index contributed by atoms with van der Waals surface area (Å²) in [5.74, 6) is 0.826. The van der Waals surface area contributed by atoms with Gasteiger partial charge in [0.1, 0.15) is 18.5 Å². The topological polar surface area (TPSA) is 54.4 Å². The number of rotatable bonds is 7. The fraction of sp³-hybridized carbons (Fsp3) is 0.353. The number of hydrogen-bond acceptors (Lipinski definition) is 4. The van der Waals surface area contributed by atoms with Gasteiger partial charge in [-0.3, -0.25) is 4.98 Å². The molecule has 4 heteroatoms. The van der Waals surface area contributed by atoms with Gasteiger partial charge in [0.25, 0.3) is 0 Å². The summed E-state index contributed by atoms with van der Waals surface area (Å²) >= 11 is 0. The van der Waals surface area contributed by atoms with E-state index in [1.807, 2.05) is 44.3 Å². The number of ether oxygens (including phenoxy) is 1. The molecule has 0 radical (unpaired) electrons. The minimum absolute atomic E-state index is 0.282. The molecule has 0 bridgehead atoms. The van der Waals surface area contributed by atoms with Gasteiger partial charge in [-0.15, -0.1) is 0 Å². The molecule has 0 aliphatic heterocycles. The van der Waals surface area contributed by atoms with Crippen molar-refractivity contribution in [1.29, 1.82) is 0 Å². The van der Waals surface area contributed by atoms with Crippen molar-refractivity contribution < 1.29 is 9.84 Å². The fourth-order valence-corrected chi connectivity index (χ4v) is 2.09. The molecule has 0 aliphatic rings. The minimum Gasteiger partial charge on any atom is -0.491 e. The second-order valence-electron chi connectivity index (χ2n) is 5.23. The van der Waals surface area contributed by atoms with Crippen molar-refractivity contribution in [1.82, 2.24) is 10.3 Å². The largest absolute Gasteiger partial charge is 0.491 e. The maximum Gasteiger partial charge on any atom is 0.122 e. The zero-order valence-corrected chi connectivity index (χ0v) is 12.5. The monoisotopic (exact) mass is 286 g/mol. The van der Waals surface area contributed by atoms with Gasteiger partial charge in [-0.1, -0.05) is 23.8 Å². The Labute approximate surface area is 125 Å². The Morgan fingerprint density at radius 1 is 1.29 bits per heavy atom. The van der Waals surface area contributed by atoms with Gasteiger partial charge in [0.2, 0.25) is 0 Å². The number of aliphatic hydroxyl groups is 1. The summed E-state index contributed by atoms with van der Waals surface area (Å²) in [7, 11) is 0. The third-order valence-corrected chi connectivity index (χ3v) is 3.19. The molecule has 0 aliphatic carbocycles. The van der Waals surface area contributed by atoms with Crippen LogP contribution in [0.1, 0.15) is 16.7 Å². The predicted octanol–water partition coefficient (Wildman–Crippen LogP) is 2.23. The Morgan fingerprint density at radius 2 is 2.14 bits per heavy atom. The van der Waals surface area contributed by atoms with E-state index in [-0.39, 0.29) is 6.61 Å². The Morgan fingerprint density at radius 3 is 2.86 bits per heavy atom. The highest BCUT2D eigenvalue weighted by atomic mass is 16.5. The zero-order valence-electron chi connectivity index (χ0n) is 12.5. The second kappa shape index (κ2) is 7.76. The molecule has 21 heavy (non-hydrogen) atoms. The molecule has 0 saturated carbocycles. The van der Waals surface area contributed by atoms with E-state index in [9.17, 15) is 5.11 Å². The Kier molecular flexibility index (Phi) is 5.72. The fourth-order valence-electron chi connectivity index (χ4n) is 2.09. The van der Waals surface area contributed by atoms with Crippen molar-refractivity contribution in [3.05, 3.63) is 59.4 Å². The number of aliphatic hydroxyl groups excluding tert-OH is 1. The van der Waals surface area contributed by atoms with Crippen molar-refractivity contribution in [2.24, 2.45) is 0 Å². The molecule has 1 unspecified atom stereocenters. The molecule has 2 N–H and O–H groups in total. The number of benzene rings is 1. The van der Waals surface area contributed by atoms with E-state index in [1.54, 1.807) is 6.20 Å². The summed E-state index contributed by atoms with van der Waals surface area (Å²) in [5.41, 5.74) is 3.39. The van der Waals surface area contributed by atoms with Gasteiger partial charge in [0, 0.05) is 25.5 Å². The quantitative estimate of drug-likeness (QED) is 0.819. The van der Waals surface area contributed by atoms with Crippen LogP contribution in [0, 0.1) is 13.8 Å². The summed E-state index contributed by atoms with van der Waals surface area (Å²) < 4.78 is 5.65. The molecule has 1 atom stereocenters. The van der Waals surface area contributed by atoms with Crippen LogP contribution in [0.25, 0.3) is 0 Å². The van der Waals surface area contributed by atoms with Crippen LogP contribution in [-0.2, 0) is 6.54 Å². The van der Waals surface area contributed by atoms with Crippen LogP contribution in [0.5, 0.6) is 5.75 Å². The molecule has 2 rings (SSSR count). The van der Waals surface area contributed by atoms with Crippen molar-refractivity contribution in [3.8, 4) is 5.75 Å². The maximum atomic E-state index is 9.93. The molecule has 1 heterocycles. The molecule has 112 valence electrons. The number of aromatic nitrogens is 1. The van der Waals surface area contributed by atoms with E-state index in [1.165, 1.54) is 5.56 Å². The van der Waals surface area contributed by atoms with E-state index in [0.29, 0.717) is 13.1 Å². The molecule has 0 amide bonds. The number of nitrogens with zero attached hydrogens (tertiary/aromatic N) is 1. The van der Waals surface area contributed by atoms with Crippen LogP contribution >= 0.6 is 0 Å². The first-order chi connectivity index (χ1) is 10.1. The zero-order chi connectivity index (χ0) is 15.1. The molecular weight excluding hydrogens is 264 g/mol. The molecular formula is C17H22N2O2. The smallest absolute Gasteiger partial charge is 0.122 e. The lowest BCUT2D eigenvalue weighted by Crippen LogP contribution is -2.31. The van der Waals surface area contributed by atoms with Crippen molar-refractivity contribution in [2.75, 3.05) is 13.2 Å². The molecule has 1 aromatic heterocycles. The minimum atomic E-state index is -0.539. The number of hydrogen-bond donors (Lipinski definition) is 2. The highest BCUT2D eigenvalue weighted by Crippen LogP contribution is 2.18. The first kappa shape index (κ1) is 15.5. The van der Waals surface area contributed by atoms with E-state index in [2.05, 4.69) is 16.4 Å². The standard InChI is InChI=1S/C17H22N2O2/c1-13-5-6-17(14(2)8-13)21-12-16(20)11-19-10-15-4-3-7-18-9-15/h3-9,16,19-20H,10-12H2,1-2H3. The van der Waals surface area contributed by atoms with Gasteiger partial charge >= 0.3 is 0 Å². The van der Waals surface area contributed by atoms with Gasteiger partial charge in [-0.05, 0) is 37.1 Å². The number of aryl methyl sites for hydroxylation is 2. The van der Waals surface area contributed by atoms with Gasteiger partial charge in [-0.25, -0.2) is 0 Å². The SMILES string of the molecule is Cc1ccc(OCC(O)CNCc2cccnc2)c(C)c1.